The van der Waals surface area contributed by atoms with Crippen LogP contribution in [0.1, 0.15) is 15.6 Å². The maximum Gasteiger partial charge on any atom is 0.286 e. The number of hydrogen-bond donors (Lipinski definition) is 2. The molecule has 0 fully saturated rings. The molecule has 26 heavy (non-hydrogen) atoms. The first kappa shape index (κ1) is 18.2. The standard InChI is InChI=1S/C17H16N4O3S2/c22-14(18-9-8-13-7-4-10-24-13)11-25-17-21-20-16(26-17)15(23)19-12-5-2-1-3-6-12/h1-7,10H,8-9,11H2,(H,18,22)(H,19,23). The topological polar surface area (TPSA) is 97.1 Å². The molecule has 0 aliphatic carbocycles. The van der Waals surface area contributed by atoms with Crippen molar-refractivity contribution in [2.45, 2.75) is 10.8 Å². The number of nitrogens with zero attached hydrogens (tertiary/aromatic N) is 2. The molecular weight excluding hydrogens is 372 g/mol. The van der Waals surface area contributed by atoms with E-state index in [0.29, 0.717) is 23.0 Å². The average molecular weight is 388 g/mol. The van der Waals surface area contributed by atoms with Crippen LogP contribution in [0.4, 0.5) is 5.69 Å². The fourth-order valence-corrected chi connectivity index (χ4v) is 3.60. The van der Waals surface area contributed by atoms with Crippen molar-refractivity contribution in [3.8, 4) is 0 Å². The van der Waals surface area contributed by atoms with Gasteiger partial charge in [-0.3, -0.25) is 9.59 Å². The van der Waals surface area contributed by atoms with Crippen LogP contribution in [0, 0.1) is 0 Å². The molecule has 0 bridgehead atoms. The first-order valence-corrected chi connectivity index (χ1v) is 9.63. The van der Waals surface area contributed by atoms with Gasteiger partial charge >= 0.3 is 0 Å². The van der Waals surface area contributed by atoms with Gasteiger partial charge in [0.15, 0.2) is 4.34 Å². The highest BCUT2D eigenvalue weighted by molar-refractivity contribution is 8.01. The van der Waals surface area contributed by atoms with E-state index >= 15 is 0 Å². The summed E-state index contributed by atoms with van der Waals surface area (Å²) in [5.41, 5.74) is 0.692. The molecule has 0 aliphatic rings. The lowest BCUT2D eigenvalue weighted by Gasteiger charge is -2.02. The van der Waals surface area contributed by atoms with Crippen LogP contribution in [0.5, 0.6) is 0 Å². The zero-order valence-corrected chi connectivity index (χ0v) is 15.3. The smallest absolute Gasteiger partial charge is 0.286 e. The number of furan rings is 1. The first-order valence-electron chi connectivity index (χ1n) is 7.82. The summed E-state index contributed by atoms with van der Waals surface area (Å²) in [6.45, 7) is 0.508. The first-order chi connectivity index (χ1) is 12.7. The van der Waals surface area contributed by atoms with Crippen LogP contribution in [0.25, 0.3) is 0 Å². The highest BCUT2D eigenvalue weighted by Gasteiger charge is 2.14. The van der Waals surface area contributed by atoms with E-state index in [0.717, 1.165) is 17.1 Å². The van der Waals surface area contributed by atoms with E-state index < -0.39 is 0 Å². The van der Waals surface area contributed by atoms with Crippen molar-refractivity contribution in [3.63, 3.8) is 0 Å². The Hall–Kier alpha value is -2.65. The fourth-order valence-electron chi connectivity index (χ4n) is 2.02. The fraction of sp³-hybridized carbons (Fsp3) is 0.176. The van der Waals surface area contributed by atoms with Crippen LogP contribution in [-0.4, -0.2) is 34.3 Å². The molecule has 0 radical (unpaired) electrons. The lowest BCUT2D eigenvalue weighted by molar-refractivity contribution is -0.118. The number of amides is 2. The molecule has 0 unspecified atom stereocenters. The number of para-hydroxylation sites is 1. The van der Waals surface area contributed by atoms with Crippen molar-refractivity contribution in [3.05, 3.63) is 59.5 Å². The molecule has 1 aromatic carbocycles. The summed E-state index contributed by atoms with van der Waals surface area (Å²) in [7, 11) is 0. The zero-order valence-electron chi connectivity index (χ0n) is 13.7. The number of rotatable bonds is 8. The number of carbonyl (C=O) groups excluding carboxylic acids is 2. The Morgan fingerprint density at radius 1 is 1.12 bits per heavy atom. The van der Waals surface area contributed by atoms with Crippen molar-refractivity contribution in [2.24, 2.45) is 0 Å². The van der Waals surface area contributed by atoms with Crippen LogP contribution in [-0.2, 0) is 11.2 Å². The maximum atomic E-state index is 12.1. The van der Waals surface area contributed by atoms with Gasteiger partial charge in [-0.25, -0.2) is 0 Å². The molecular formula is C17H16N4O3S2. The zero-order chi connectivity index (χ0) is 18.2. The number of hydrogen-bond acceptors (Lipinski definition) is 7. The number of benzene rings is 1. The molecule has 2 amide bonds. The lowest BCUT2D eigenvalue weighted by atomic mass is 10.3. The van der Waals surface area contributed by atoms with Crippen molar-refractivity contribution in [2.75, 3.05) is 17.6 Å². The number of aromatic nitrogens is 2. The molecule has 0 aliphatic heterocycles. The average Bonchev–Trinajstić information content (AvgIpc) is 3.33. The summed E-state index contributed by atoms with van der Waals surface area (Å²) in [6, 6.07) is 12.8. The van der Waals surface area contributed by atoms with E-state index in [-0.39, 0.29) is 22.6 Å². The molecule has 0 saturated heterocycles. The van der Waals surface area contributed by atoms with Gasteiger partial charge in [-0.05, 0) is 24.3 Å². The van der Waals surface area contributed by atoms with Crippen LogP contribution in [0.15, 0.2) is 57.5 Å². The van der Waals surface area contributed by atoms with Crippen LogP contribution in [0.3, 0.4) is 0 Å². The Bertz CT molecular complexity index is 850. The highest BCUT2D eigenvalue weighted by Crippen LogP contribution is 2.22. The summed E-state index contributed by atoms with van der Waals surface area (Å²) in [5.74, 6) is 0.624. The third kappa shape index (κ3) is 5.43. The minimum Gasteiger partial charge on any atom is -0.469 e. The minimum absolute atomic E-state index is 0.105. The summed E-state index contributed by atoms with van der Waals surface area (Å²) in [4.78, 5) is 24.0. The summed E-state index contributed by atoms with van der Waals surface area (Å²) >= 11 is 2.41. The number of nitrogens with one attached hydrogen (secondary N) is 2. The Morgan fingerprint density at radius 3 is 2.73 bits per heavy atom. The van der Waals surface area contributed by atoms with Crippen molar-refractivity contribution < 1.29 is 14.0 Å². The van der Waals surface area contributed by atoms with Crippen molar-refractivity contribution in [1.29, 1.82) is 0 Å². The van der Waals surface area contributed by atoms with Gasteiger partial charge in [-0.2, -0.15) is 0 Å². The van der Waals surface area contributed by atoms with E-state index in [9.17, 15) is 9.59 Å². The lowest BCUT2D eigenvalue weighted by Crippen LogP contribution is -2.27. The van der Waals surface area contributed by atoms with Crippen LogP contribution < -0.4 is 10.6 Å². The normalized spacial score (nSPS) is 10.5. The molecule has 3 rings (SSSR count). The number of thioether (sulfide) groups is 1. The second-order valence-corrected chi connectivity index (χ2v) is 7.36. The van der Waals surface area contributed by atoms with Crippen molar-refractivity contribution >= 4 is 40.6 Å². The number of anilines is 1. The molecule has 3 aromatic rings. The molecule has 2 N–H and O–H groups in total. The van der Waals surface area contributed by atoms with E-state index in [1.807, 2.05) is 30.3 Å². The Kier molecular flexibility index (Phi) is 6.39. The summed E-state index contributed by atoms with van der Waals surface area (Å²) < 4.78 is 5.77. The predicted octanol–water partition coefficient (Wildman–Crippen LogP) is 2.83. The molecule has 0 atom stereocenters. The third-order valence-corrected chi connectivity index (χ3v) is 5.29. The second kappa shape index (κ2) is 9.16. The van der Waals surface area contributed by atoms with Crippen LogP contribution in [0.2, 0.25) is 0 Å². The third-order valence-electron chi connectivity index (χ3n) is 3.23. The molecule has 0 spiro atoms. The summed E-state index contributed by atoms with van der Waals surface area (Å²) in [6.07, 6.45) is 2.25. The second-order valence-electron chi connectivity index (χ2n) is 5.16. The maximum absolute atomic E-state index is 12.1. The van der Waals surface area contributed by atoms with E-state index in [4.69, 9.17) is 4.42 Å². The Morgan fingerprint density at radius 2 is 1.96 bits per heavy atom. The number of carbonyl (C=O) groups is 2. The van der Waals surface area contributed by atoms with Gasteiger partial charge in [-0.1, -0.05) is 41.3 Å². The molecule has 0 saturated carbocycles. The molecule has 134 valence electrons. The minimum atomic E-state index is -0.316. The quantitative estimate of drug-likeness (QED) is 0.576. The molecule has 2 heterocycles. The van der Waals surface area contributed by atoms with Gasteiger partial charge < -0.3 is 15.1 Å². The Labute approximate surface area is 158 Å². The van der Waals surface area contributed by atoms with E-state index in [1.165, 1.54) is 11.8 Å². The van der Waals surface area contributed by atoms with E-state index in [2.05, 4.69) is 20.8 Å². The van der Waals surface area contributed by atoms with Gasteiger partial charge in [0, 0.05) is 18.7 Å². The predicted molar refractivity (Wildman–Crippen MR) is 100 cm³/mol. The van der Waals surface area contributed by atoms with Crippen molar-refractivity contribution in [1.82, 2.24) is 15.5 Å². The van der Waals surface area contributed by atoms with Gasteiger partial charge in [0.25, 0.3) is 5.91 Å². The largest absolute Gasteiger partial charge is 0.469 e. The monoisotopic (exact) mass is 388 g/mol. The van der Waals surface area contributed by atoms with Gasteiger partial charge in [0.05, 0.1) is 12.0 Å². The molecule has 2 aromatic heterocycles. The molecule has 9 heteroatoms. The van der Waals surface area contributed by atoms with E-state index in [1.54, 1.807) is 18.4 Å². The van der Waals surface area contributed by atoms with Crippen LogP contribution >= 0.6 is 23.1 Å². The Balaban J connectivity index is 1.41. The van der Waals surface area contributed by atoms with Gasteiger partial charge in [-0.15, -0.1) is 10.2 Å². The summed E-state index contributed by atoms with van der Waals surface area (Å²) in [5, 5.41) is 13.6. The van der Waals surface area contributed by atoms with Gasteiger partial charge in [0.2, 0.25) is 10.9 Å². The van der Waals surface area contributed by atoms with Gasteiger partial charge in [0.1, 0.15) is 5.76 Å². The highest BCUT2D eigenvalue weighted by atomic mass is 32.2. The SMILES string of the molecule is O=C(CSc1nnc(C(=O)Nc2ccccc2)s1)NCCc1ccco1. The molecule has 7 nitrogen and oxygen atoms in total.